The first-order valence-electron chi connectivity index (χ1n) is 11.5. The number of amides is 1. The molecule has 3 heterocycles. The monoisotopic (exact) mass is 528 g/mol. The molecule has 0 saturated carbocycles. The molecule has 1 atom stereocenters. The van der Waals surface area contributed by atoms with Gasteiger partial charge in [0.05, 0.1) is 28.0 Å². The van der Waals surface area contributed by atoms with Gasteiger partial charge in [-0.05, 0) is 49.8 Å². The molecule has 0 radical (unpaired) electrons. The molecule has 2 aromatic heterocycles. The van der Waals surface area contributed by atoms with Gasteiger partial charge >= 0.3 is 0 Å². The number of unbranched alkanes of at least 4 members (excludes halogenated alkanes) is 1. The molecule has 0 spiro atoms. The van der Waals surface area contributed by atoms with Crippen molar-refractivity contribution in [2.75, 3.05) is 18.5 Å². The number of carbonyl (C=O) groups is 1. The number of rotatable bonds is 10. The van der Waals surface area contributed by atoms with Crippen LogP contribution in [0.1, 0.15) is 42.6 Å². The van der Waals surface area contributed by atoms with Gasteiger partial charge in [0.1, 0.15) is 12.2 Å². The number of hydrogen-bond acceptors (Lipinski definition) is 7. The highest BCUT2D eigenvalue weighted by molar-refractivity contribution is 6.39. The Morgan fingerprint density at radius 2 is 1.92 bits per heavy atom. The van der Waals surface area contributed by atoms with Crippen molar-refractivity contribution in [3.8, 4) is 11.5 Å². The number of benzene rings is 1. The lowest BCUT2D eigenvalue weighted by Gasteiger charge is -2.22. The maximum Gasteiger partial charge on any atom is 0.255 e. The normalized spacial score (nSPS) is 16.7. The van der Waals surface area contributed by atoms with Gasteiger partial charge in [-0.1, -0.05) is 36.5 Å². The van der Waals surface area contributed by atoms with E-state index in [0.29, 0.717) is 23.7 Å². The van der Waals surface area contributed by atoms with Gasteiger partial charge in [-0.2, -0.15) is 0 Å². The Bertz CT molecular complexity index is 1240. The topological polar surface area (TPSA) is 94.6 Å². The Balaban J connectivity index is 1.53. The Morgan fingerprint density at radius 3 is 2.64 bits per heavy atom. The van der Waals surface area contributed by atoms with Crippen LogP contribution in [0, 0.1) is 0 Å². The zero-order valence-electron chi connectivity index (χ0n) is 19.9. The number of nitrogens with zero attached hydrogens (tertiary/aromatic N) is 2. The van der Waals surface area contributed by atoms with Gasteiger partial charge in [0.25, 0.3) is 5.91 Å². The second-order valence-electron chi connectivity index (χ2n) is 8.40. The molecule has 1 aliphatic heterocycles. The number of pyridine rings is 2. The summed E-state index contributed by atoms with van der Waals surface area (Å²) in [7, 11) is 0. The van der Waals surface area contributed by atoms with Gasteiger partial charge < -0.3 is 14.8 Å². The molecule has 1 unspecified atom stereocenters. The summed E-state index contributed by atoms with van der Waals surface area (Å²) in [5.74, 6) is 0.545. The molecule has 10 heteroatoms. The quantitative estimate of drug-likeness (QED) is 0.315. The van der Waals surface area contributed by atoms with Crippen molar-refractivity contribution in [1.82, 2.24) is 15.4 Å². The Morgan fingerprint density at radius 1 is 1.11 bits per heavy atom. The number of hydroxylamine groups is 1. The third-order valence-corrected chi connectivity index (χ3v) is 5.96. The number of carbonyl (C=O) groups excluding carboxylic acids is 1. The molecule has 36 heavy (non-hydrogen) atoms. The first-order valence-corrected chi connectivity index (χ1v) is 12.2. The van der Waals surface area contributed by atoms with E-state index in [1.165, 1.54) is 12.4 Å². The van der Waals surface area contributed by atoms with E-state index >= 15 is 0 Å². The number of anilines is 1. The van der Waals surface area contributed by atoms with Crippen molar-refractivity contribution in [1.29, 1.82) is 0 Å². The summed E-state index contributed by atoms with van der Waals surface area (Å²) in [6.07, 6.45) is 10.1. The van der Waals surface area contributed by atoms with Crippen LogP contribution in [0.25, 0.3) is 5.70 Å². The van der Waals surface area contributed by atoms with E-state index in [-0.39, 0.29) is 22.3 Å². The van der Waals surface area contributed by atoms with E-state index in [4.69, 9.17) is 37.5 Å². The number of aromatic nitrogens is 2. The molecule has 2 N–H and O–H groups in total. The molecule has 0 saturated heterocycles. The molecule has 4 rings (SSSR count). The van der Waals surface area contributed by atoms with E-state index in [1.54, 1.807) is 30.6 Å². The van der Waals surface area contributed by atoms with Gasteiger partial charge in [0.15, 0.2) is 11.5 Å². The minimum absolute atomic E-state index is 0.168. The third kappa shape index (κ3) is 6.26. The first kappa shape index (κ1) is 25.8. The Kier molecular flexibility index (Phi) is 8.30. The molecule has 0 fully saturated rings. The second-order valence-corrected chi connectivity index (χ2v) is 9.22. The van der Waals surface area contributed by atoms with Crippen molar-refractivity contribution >= 4 is 40.5 Å². The van der Waals surface area contributed by atoms with Crippen molar-refractivity contribution in [2.45, 2.75) is 32.3 Å². The zero-order chi connectivity index (χ0) is 25.5. The maximum atomic E-state index is 13.0. The Hall–Kier alpha value is -3.33. The van der Waals surface area contributed by atoms with Crippen molar-refractivity contribution in [3.63, 3.8) is 0 Å². The predicted molar refractivity (Wildman–Crippen MR) is 139 cm³/mol. The zero-order valence-corrected chi connectivity index (χ0v) is 21.4. The number of nitrogens with one attached hydrogen (secondary N) is 2. The van der Waals surface area contributed by atoms with Gasteiger partial charge in [0.2, 0.25) is 0 Å². The minimum Gasteiger partial charge on any atom is -0.490 e. The standard InChI is InChI=1S/C26H26Cl2N4O4/c1-3-4-10-34-22-8-7-17(25(33)31-24-19(27)14-30-15-20(24)28)11-23(22)35-16-26(2)12-21(32-36-26)18-6-5-9-29-13-18/h5-9,11-15,32H,3-4,10,16H2,1-2H3,(H,30,31,33). The van der Waals surface area contributed by atoms with E-state index in [0.717, 1.165) is 24.1 Å². The summed E-state index contributed by atoms with van der Waals surface area (Å²) in [5.41, 5.74) is 4.51. The highest BCUT2D eigenvalue weighted by Gasteiger charge is 2.32. The molecule has 1 aromatic carbocycles. The molecule has 0 bridgehead atoms. The number of ether oxygens (including phenoxy) is 2. The summed E-state index contributed by atoms with van der Waals surface area (Å²) in [6.45, 7) is 4.67. The fourth-order valence-electron chi connectivity index (χ4n) is 3.42. The first-order chi connectivity index (χ1) is 17.4. The molecule has 188 valence electrons. The highest BCUT2D eigenvalue weighted by atomic mass is 35.5. The average Bonchev–Trinajstić information content (AvgIpc) is 3.28. The van der Waals surface area contributed by atoms with Crippen molar-refractivity contribution in [3.05, 3.63) is 82.4 Å². The van der Waals surface area contributed by atoms with Crippen molar-refractivity contribution in [2.24, 2.45) is 0 Å². The van der Waals surface area contributed by atoms with Crippen molar-refractivity contribution < 1.29 is 19.1 Å². The van der Waals surface area contributed by atoms with Gasteiger partial charge in [0, 0.05) is 35.9 Å². The number of hydrogen-bond donors (Lipinski definition) is 2. The van der Waals surface area contributed by atoms with Gasteiger partial charge in [-0.3, -0.25) is 25.1 Å². The summed E-state index contributed by atoms with van der Waals surface area (Å²) < 4.78 is 12.1. The molecular formula is C26H26Cl2N4O4. The van der Waals surface area contributed by atoms with Crippen LogP contribution in [0.2, 0.25) is 10.0 Å². The van der Waals surface area contributed by atoms with Crippen LogP contribution in [0.3, 0.4) is 0 Å². The molecule has 8 nitrogen and oxygen atoms in total. The summed E-state index contributed by atoms with van der Waals surface area (Å²) in [5, 5.41) is 3.21. The average molecular weight is 529 g/mol. The van der Waals surface area contributed by atoms with Crippen LogP contribution in [0.5, 0.6) is 11.5 Å². The predicted octanol–water partition coefficient (Wildman–Crippen LogP) is 5.93. The van der Waals surface area contributed by atoms with Gasteiger partial charge in [-0.15, -0.1) is 0 Å². The third-order valence-electron chi connectivity index (χ3n) is 5.38. The smallest absolute Gasteiger partial charge is 0.255 e. The van der Waals surface area contributed by atoms with E-state index < -0.39 is 11.5 Å². The van der Waals surface area contributed by atoms with Crippen LogP contribution in [-0.4, -0.2) is 34.7 Å². The van der Waals surface area contributed by atoms with Gasteiger partial charge in [-0.25, -0.2) is 0 Å². The molecule has 3 aromatic rings. The van der Waals surface area contributed by atoms with E-state index in [2.05, 4.69) is 27.7 Å². The summed E-state index contributed by atoms with van der Waals surface area (Å²) in [6, 6.07) is 8.78. The SMILES string of the molecule is CCCCOc1ccc(C(=O)Nc2c(Cl)cncc2Cl)cc1OCC1(C)C=C(c2cccnc2)NO1. The van der Waals surface area contributed by atoms with Crippen LogP contribution >= 0.6 is 23.2 Å². The fourth-order valence-corrected chi connectivity index (χ4v) is 3.88. The second kappa shape index (κ2) is 11.6. The lowest BCUT2D eigenvalue weighted by molar-refractivity contribution is -0.0476. The molecule has 1 amide bonds. The van der Waals surface area contributed by atoms with E-state index in [9.17, 15) is 4.79 Å². The highest BCUT2D eigenvalue weighted by Crippen LogP contribution is 2.33. The Labute approximate surface area is 219 Å². The lowest BCUT2D eigenvalue weighted by Crippen LogP contribution is -2.33. The van der Waals surface area contributed by atoms with E-state index in [1.807, 2.05) is 25.1 Å². The van der Waals surface area contributed by atoms with Crippen LogP contribution in [0.4, 0.5) is 5.69 Å². The van der Waals surface area contributed by atoms with Crippen LogP contribution < -0.4 is 20.3 Å². The maximum absolute atomic E-state index is 13.0. The molecule has 0 aliphatic carbocycles. The number of halogens is 2. The lowest BCUT2D eigenvalue weighted by atomic mass is 10.1. The largest absolute Gasteiger partial charge is 0.490 e. The van der Waals surface area contributed by atoms with Crippen LogP contribution in [-0.2, 0) is 4.84 Å². The minimum atomic E-state index is -0.762. The summed E-state index contributed by atoms with van der Waals surface area (Å²) >= 11 is 12.3. The molecular weight excluding hydrogens is 503 g/mol. The fraction of sp³-hybridized carbons (Fsp3) is 0.269. The van der Waals surface area contributed by atoms with Crippen LogP contribution in [0.15, 0.2) is 61.2 Å². The molecule has 1 aliphatic rings. The summed E-state index contributed by atoms with van der Waals surface area (Å²) in [4.78, 5) is 26.8.